The average Bonchev–Trinajstić information content (AvgIpc) is 3.15. The van der Waals surface area contributed by atoms with Gasteiger partial charge in [-0.1, -0.05) is 55.3 Å². The molecule has 2 aromatic carbocycles. The fraction of sp³-hybridized carbons (Fsp3) is 0.286. The topological polar surface area (TPSA) is 79.3 Å². The molecule has 6 heteroatoms. The first kappa shape index (κ1) is 17.7. The van der Waals surface area contributed by atoms with Crippen molar-refractivity contribution in [3.8, 4) is 11.3 Å². The highest BCUT2D eigenvalue weighted by Crippen LogP contribution is 2.33. The number of carbonyl (C=O) groups excluding carboxylic acids is 1. The number of hydrogen-bond donors (Lipinski definition) is 2. The van der Waals surface area contributed by atoms with Gasteiger partial charge in [-0.25, -0.2) is 4.98 Å². The van der Waals surface area contributed by atoms with E-state index in [-0.39, 0.29) is 5.91 Å². The second-order valence-electron chi connectivity index (χ2n) is 6.89. The van der Waals surface area contributed by atoms with E-state index in [4.69, 9.17) is 0 Å². The summed E-state index contributed by atoms with van der Waals surface area (Å²) >= 11 is 1.36. The summed E-state index contributed by atoms with van der Waals surface area (Å²) in [6.45, 7) is 0. The molecular weight excluding hydrogens is 360 g/mol. The van der Waals surface area contributed by atoms with E-state index >= 15 is 0 Å². The van der Waals surface area contributed by atoms with Gasteiger partial charge in [-0.05, 0) is 23.6 Å². The molecule has 0 aliphatic heterocycles. The molecule has 0 radical (unpaired) electrons. The maximum Gasteiger partial charge on any atom is 0.307 e. The lowest BCUT2D eigenvalue weighted by Crippen LogP contribution is -2.36. The summed E-state index contributed by atoms with van der Waals surface area (Å²) in [4.78, 5) is 28.6. The zero-order valence-corrected chi connectivity index (χ0v) is 15.5. The van der Waals surface area contributed by atoms with Gasteiger partial charge in [0.2, 0.25) is 5.91 Å². The van der Waals surface area contributed by atoms with Gasteiger partial charge in [-0.15, -0.1) is 11.3 Å². The summed E-state index contributed by atoms with van der Waals surface area (Å²) < 4.78 is 0. The number of thiazole rings is 1. The number of carboxylic acid groups (broad SMARTS) is 1. The molecule has 1 aliphatic rings. The van der Waals surface area contributed by atoms with Crippen molar-refractivity contribution >= 4 is 39.1 Å². The SMILES string of the molecule is O=C(Nc1nc(-c2cccc3ccccc23)cs1)[C@H]1CCCC[C@H]1C(=O)O. The summed E-state index contributed by atoms with van der Waals surface area (Å²) in [7, 11) is 0. The fourth-order valence-electron chi connectivity index (χ4n) is 3.84. The van der Waals surface area contributed by atoms with Crippen LogP contribution < -0.4 is 5.32 Å². The predicted octanol–water partition coefficient (Wildman–Crippen LogP) is 4.79. The van der Waals surface area contributed by atoms with Gasteiger partial charge in [0.05, 0.1) is 17.5 Å². The van der Waals surface area contributed by atoms with Gasteiger partial charge in [0.15, 0.2) is 5.13 Å². The van der Waals surface area contributed by atoms with Crippen molar-refractivity contribution in [2.24, 2.45) is 11.8 Å². The van der Waals surface area contributed by atoms with Crippen LogP contribution in [0.4, 0.5) is 5.13 Å². The third kappa shape index (κ3) is 3.57. The minimum atomic E-state index is -0.884. The van der Waals surface area contributed by atoms with E-state index in [0.29, 0.717) is 18.0 Å². The van der Waals surface area contributed by atoms with Crippen LogP contribution in [0.3, 0.4) is 0 Å². The Morgan fingerprint density at radius 2 is 1.78 bits per heavy atom. The number of nitrogens with zero attached hydrogens (tertiary/aromatic N) is 1. The monoisotopic (exact) mass is 380 g/mol. The molecule has 1 amide bonds. The number of aliphatic carboxylic acids is 1. The van der Waals surface area contributed by atoms with Crippen LogP contribution in [0.25, 0.3) is 22.0 Å². The second kappa shape index (κ2) is 7.48. The molecular formula is C21H20N2O3S. The van der Waals surface area contributed by atoms with Crippen molar-refractivity contribution in [2.75, 3.05) is 5.32 Å². The lowest BCUT2D eigenvalue weighted by Gasteiger charge is -2.26. The Labute approximate surface area is 161 Å². The number of hydrogen-bond acceptors (Lipinski definition) is 4. The molecule has 2 atom stereocenters. The van der Waals surface area contributed by atoms with E-state index in [9.17, 15) is 14.7 Å². The average molecular weight is 380 g/mol. The quantitative estimate of drug-likeness (QED) is 0.682. The van der Waals surface area contributed by atoms with Crippen LogP contribution in [0.15, 0.2) is 47.8 Å². The van der Waals surface area contributed by atoms with Crippen LogP contribution >= 0.6 is 11.3 Å². The van der Waals surface area contributed by atoms with E-state index in [1.165, 1.54) is 11.3 Å². The molecule has 27 heavy (non-hydrogen) atoms. The number of fused-ring (bicyclic) bond motifs is 1. The number of benzene rings is 2. The number of aromatic nitrogens is 1. The number of anilines is 1. The van der Waals surface area contributed by atoms with Crippen molar-refractivity contribution in [1.29, 1.82) is 0 Å². The van der Waals surface area contributed by atoms with Gasteiger partial charge in [-0.3, -0.25) is 9.59 Å². The highest BCUT2D eigenvalue weighted by atomic mass is 32.1. The Hall–Kier alpha value is -2.73. The Morgan fingerprint density at radius 3 is 2.59 bits per heavy atom. The molecule has 0 unspecified atom stereocenters. The van der Waals surface area contributed by atoms with Gasteiger partial charge in [0.1, 0.15) is 0 Å². The van der Waals surface area contributed by atoms with Crippen LogP contribution in [0.1, 0.15) is 25.7 Å². The first-order valence-corrected chi connectivity index (χ1v) is 9.99. The van der Waals surface area contributed by atoms with Crippen molar-refractivity contribution in [3.63, 3.8) is 0 Å². The molecule has 4 rings (SSSR count). The van der Waals surface area contributed by atoms with E-state index in [0.717, 1.165) is 34.9 Å². The molecule has 138 valence electrons. The van der Waals surface area contributed by atoms with Gasteiger partial charge < -0.3 is 10.4 Å². The number of nitrogens with one attached hydrogen (secondary N) is 1. The van der Waals surface area contributed by atoms with Crippen molar-refractivity contribution < 1.29 is 14.7 Å². The van der Waals surface area contributed by atoms with Crippen LogP contribution in [0.2, 0.25) is 0 Å². The first-order valence-electron chi connectivity index (χ1n) is 9.11. The van der Waals surface area contributed by atoms with Crippen LogP contribution in [-0.2, 0) is 9.59 Å². The first-order chi connectivity index (χ1) is 13.1. The Balaban J connectivity index is 1.56. The zero-order chi connectivity index (χ0) is 18.8. The third-order valence-electron chi connectivity index (χ3n) is 5.22. The summed E-state index contributed by atoms with van der Waals surface area (Å²) in [5.41, 5.74) is 1.83. The Kier molecular flexibility index (Phi) is 4.90. The molecule has 1 saturated carbocycles. The lowest BCUT2D eigenvalue weighted by molar-refractivity contribution is -0.147. The van der Waals surface area contributed by atoms with E-state index in [2.05, 4.69) is 28.5 Å². The number of carbonyl (C=O) groups is 2. The van der Waals surface area contributed by atoms with Crippen LogP contribution in [0, 0.1) is 11.8 Å². The summed E-state index contributed by atoms with van der Waals surface area (Å²) in [5, 5.41) is 16.9. The van der Waals surface area contributed by atoms with E-state index < -0.39 is 17.8 Å². The minimum Gasteiger partial charge on any atom is -0.481 e. The van der Waals surface area contributed by atoms with Gasteiger partial charge in [0.25, 0.3) is 0 Å². The van der Waals surface area contributed by atoms with E-state index in [1.54, 1.807) is 0 Å². The maximum atomic E-state index is 12.6. The summed E-state index contributed by atoms with van der Waals surface area (Å²) in [6.07, 6.45) is 2.93. The van der Waals surface area contributed by atoms with Crippen molar-refractivity contribution in [2.45, 2.75) is 25.7 Å². The van der Waals surface area contributed by atoms with Gasteiger partial charge in [0, 0.05) is 10.9 Å². The third-order valence-corrected chi connectivity index (χ3v) is 5.98. The fourth-order valence-corrected chi connectivity index (χ4v) is 4.56. The van der Waals surface area contributed by atoms with Crippen LogP contribution in [-0.4, -0.2) is 22.0 Å². The van der Waals surface area contributed by atoms with Crippen molar-refractivity contribution in [1.82, 2.24) is 4.98 Å². The zero-order valence-electron chi connectivity index (χ0n) is 14.7. The summed E-state index contributed by atoms with van der Waals surface area (Å²) in [6, 6.07) is 14.2. The molecule has 1 aliphatic carbocycles. The molecule has 0 saturated heterocycles. The summed E-state index contributed by atoms with van der Waals surface area (Å²) in [5.74, 6) is -2.20. The number of amides is 1. The minimum absolute atomic E-state index is 0.235. The van der Waals surface area contributed by atoms with Gasteiger partial charge >= 0.3 is 5.97 Å². The molecule has 3 aromatic rings. The largest absolute Gasteiger partial charge is 0.481 e. The standard InChI is InChI=1S/C21H20N2O3S/c24-19(16-9-3-4-10-17(16)20(25)26)23-21-22-18(12-27-21)15-11-5-7-13-6-1-2-8-14(13)15/h1-2,5-8,11-12,16-17H,3-4,9-10H2,(H,25,26)(H,22,23,24)/t16-,17+/m0/s1. The van der Waals surface area contributed by atoms with Crippen LogP contribution in [0.5, 0.6) is 0 Å². The smallest absolute Gasteiger partial charge is 0.307 e. The number of carboxylic acids is 1. The van der Waals surface area contributed by atoms with Gasteiger partial charge in [-0.2, -0.15) is 0 Å². The second-order valence-corrected chi connectivity index (χ2v) is 7.75. The molecule has 1 heterocycles. The predicted molar refractivity (Wildman–Crippen MR) is 107 cm³/mol. The normalized spacial score (nSPS) is 19.7. The molecule has 5 nitrogen and oxygen atoms in total. The maximum absolute atomic E-state index is 12.6. The molecule has 1 fully saturated rings. The highest BCUT2D eigenvalue weighted by molar-refractivity contribution is 7.14. The molecule has 0 spiro atoms. The van der Waals surface area contributed by atoms with E-state index in [1.807, 2.05) is 29.6 Å². The Bertz CT molecular complexity index is 993. The molecule has 0 bridgehead atoms. The number of rotatable bonds is 4. The highest BCUT2D eigenvalue weighted by Gasteiger charge is 2.36. The molecule has 1 aromatic heterocycles. The Morgan fingerprint density at radius 1 is 1.04 bits per heavy atom. The van der Waals surface area contributed by atoms with Crippen molar-refractivity contribution in [3.05, 3.63) is 47.8 Å². The molecule has 2 N–H and O–H groups in total. The lowest BCUT2D eigenvalue weighted by atomic mass is 9.79.